The van der Waals surface area contributed by atoms with Gasteiger partial charge in [0, 0.05) is 18.9 Å². The lowest BCUT2D eigenvalue weighted by Gasteiger charge is -2.18. The van der Waals surface area contributed by atoms with Gasteiger partial charge in [-0.2, -0.15) is 5.10 Å². The van der Waals surface area contributed by atoms with E-state index in [9.17, 15) is 0 Å². The SMILES string of the molecule is CCC1CCc2nc(-c3ccnn3C)[nH]c2C1. The Balaban J connectivity index is 1.95. The van der Waals surface area contributed by atoms with Crippen LogP contribution in [0, 0.1) is 5.92 Å². The number of hydrogen-bond donors (Lipinski definition) is 1. The first-order chi connectivity index (χ1) is 8.28. The summed E-state index contributed by atoms with van der Waals surface area (Å²) in [6.45, 7) is 2.27. The highest BCUT2D eigenvalue weighted by Crippen LogP contribution is 2.28. The van der Waals surface area contributed by atoms with Crippen LogP contribution in [-0.4, -0.2) is 19.7 Å². The fourth-order valence-corrected chi connectivity index (χ4v) is 2.63. The second-order valence-corrected chi connectivity index (χ2v) is 4.87. The summed E-state index contributed by atoms with van der Waals surface area (Å²) in [7, 11) is 1.95. The quantitative estimate of drug-likeness (QED) is 0.860. The summed E-state index contributed by atoms with van der Waals surface area (Å²) < 4.78 is 1.86. The Morgan fingerprint density at radius 1 is 1.53 bits per heavy atom. The van der Waals surface area contributed by atoms with Gasteiger partial charge in [-0.25, -0.2) is 4.98 Å². The van der Waals surface area contributed by atoms with Crippen molar-refractivity contribution in [1.29, 1.82) is 0 Å². The highest BCUT2D eigenvalue weighted by molar-refractivity contribution is 5.50. The molecule has 0 radical (unpaired) electrons. The van der Waals surface area contributed by atoms with Crippen molar-refractivity contribution in [3.63, 3.8) is 0 Å². The van der Waals surface area contributed by atoms with E-state index in [1.165, 1.54) is 24.2 Å². The van der Waals surface area contributed by atoms with Crippen molar-refractivity contribution < 1.29 is 0 Å². The molecule has 90 valence electrons. The van der Waals surface area contributed by atoms with Gasteiger partial charge in [-0.1, -0.05) is 13.3 Å². The molecular formula is C13H18N4. The molecule has 2 heterocycles. The molecule has 0 amide bonds. The van der Waals surface area contributed by atoms with Gasteiger partial charge in [0.25, 0.3) is 0 Å². The van der Waals surface area contributed by atoms with Crippen molar-refractivity contribution in [2.24, 2.45) is 13.0 Å². The normalized spacial score (nSPS) is 19.3. The molecule has 1 unspecified atom stereocenters. The molecule has 0 aliphatic heterocycles. The fourth-order valence-electron chi connectivity index (χ4n) is 2.63. The van der Waals surface area contributed by atoms with E-state index in [0.29, 0.717) is 0 Å². The van der Waals surface area contributed by atoms with Crippen molar-refractivity contribution in [2.45, 2.75) is 32.6 Å². The number of fused-ring (bicyclic) bond motifs is 1. The minimum Gasteiger partial charge on any atom is -0.340 e. The summed E-state index contributed by atoms with van der Waals surface area (Å²) >= 11 is 0. The first-order valence-electron chi connectivity index (χ1n) is 6.34. The number of hydrogen-bond acceptors (Lipinski definition) is 2. The molecule has 1 atom stereocenters. The average Bonchev–Trinajstić information content (AvgIpc) is 2.93. The number of aryl methyl sites for hydroxylation is 2. The predicted octanol–water partition coefficient (Wildman–Crippen LogP) is 2.33. The van der Waals surface area contributed by atoms with E-state index in [4.69, 9.17) is 4.98 Å². The van der Waals surface area contributed by atoms with E-state index in [2.05, 4.69) is 17.0 Å². The standard InChI is InChI=1S/C13H18N4/c1-3-9-4-5-10-11(8-9)16-13(15-10)12-6-7-14-17(12)2/h6-7,9H,3-5,8H2,1-2H3,(H,15,16). The topological polar surface area (TPSA) is 46.5 Å². The van der Waals surface area contributed by atoms with Gasteiger partial charge < -0.3 is 4.98 Å². The van der Waals surface area contributed by atoms with Gasteiger partial charge in [0.2, 0.25) is 0 Å². The van der Waals surface area contributed by atoms with Crippen LogP contribution in [0.2, 0.25) is 0 Å². The van der Waals surface area contributed by atoms with Crippen LogP contribution in [0.1, 0.15) is 31.2 Å². The molecule has 2 aromatic rings. The largest absolute Gasteiger partial charge is 0.340 e. The van der Waals surface area contributed by atoms with E-state index in [1.54, 1.807) is 0 Å². The Morgan fingerprint density at radius 2 is 2.41 bits per heavy atom. The van der Waals surface area contributed by atoms with Crippen LogP contribution in [0.15, 0.2) is 12.3 Å². The second-order valence-electron chi connectivity index (χ2n) is 4.87. The third-order valence-corrected chi connectivity index (χ3v) is 3.79. The molecule has 4 heteroatoms. The first-order valence-corrected chi connectivity index (χ1v) is 6.34. The summed E-state index contributed by atoms with van der Waals surface area (Å²) in [4.78, 5) is 8.18. The molecule has 0 spiro atoms. The number of H-pyrrole nitrogens is 1. The molecule has 1 N–H and O–H groups in total. The van der Waals surface area contributed by atoms with Gasteiger partial charge in [0.15, 0.2) is 5.82 Å². The Morgan fingerprint density at radius 3 is 3.12 bits per heavy atom. The van der Waals surface area contributed by atoms with Gasteiger partial charge in [-0.3, -0.25) is 4.68 Å². The van der Waals surface area contributed by atoms with Crippen molar-refractivity contribution in [3.05, 3.63) is 23.7 Å². The zero-order valence-electron chi connectivity index (χ0n) is 10.4. The van der Waals surface area contributed by atoms with E-state index in [1.807, 2.05) is 24.0 Å². The molecule has 2 aromatic heterocycles. The smallest absolute Gasteiger partial charge is 0.156 e. The third kappa shape index (κ3) is 1.77. The lowest BCUT2D eigenvalue weighted by molar-refractivity contribution is 0.438. The lowest BCUT2D eigenvalue weighted by atomic mass is 9.88. The molecular weight excluding hydrogens is 212 g/mol. The molecule has 0 aromatic carbocycles. The van der Waals surface area contributed by atoms with Crippen molar-refractivity contribution in [3.8, 4) is 11.5 Å². The number of nitrogens with zero attached hydrogens (tertiary/aromatic N) is 3. The summed E-state index contributed by atoms with van der Waals surface area (Å²) in [5, 5.41) is 4.19. The van der Waals surface area contributed by atoms with E-state index < -0.39 is 0 Å². The average molecular weight is 230 g/mol. The lowest BCUT2D eigenvalue weighted by Crippen LogP contribution is -2.12. The highest BCUT2D eigenvalue weighted by atomic mass is 15.3. The molecule has 0 bridgehead atoms. The summed E-state index contributed by atoms with van der Waals surface area (Å²) in [5.41, 5.74) is 3.65. The van der Waals surface area contributed by atoms with Crippen molar-refractivity contribution in [1.82, 2.24) is 19.7 Å². The van der Waals surface area contributed by atoms with E-state index in [0.717, 1.165) is 30.3 Å². The maximum atomic E-state index is 4.71. The first kappa shape index (κ1) is 10.6. The number of aromatic nitrogens is 4. The van der Waals surface area contributed by atoms with Crippen LogP contribution in [0.4, 0.5) is 0 Å². The minimum atomic E-state index is 0.822. The van der Waals surface area contributed by atoms with Crippen molar-refractivity contribution in [2.75, 3.05) is 0 Å². The number of nitrogens with one attached hydrogen (secondary N) is 1. The van der Waals surface area contributed by atoms with Gasteiger partial charge in [-0.15, -0.1) is 0 Å². The zero-order valence-corrected chi connectivity index (χ0v) is 10.4. The van der Waals surface area contributed by atoms with Crippen LogP contribution in [-0.2, 0) is 19.9 Å². The van der Waals surface area contributed by atoms with Gasteiger partial charge in [-0.05, 0) is 31.2 Å². The molecule has 17 heavy (non-hydrogen) atoms. The molecule has 0 fully saturated rings. The molecule has 1 aliphatic carbocycles. The summed E-state index contributed by atoms with van der Waals surface area (Å²) in [6, 6.07) is 2.00. The van der Waals surface area contributed by atoms with Crippen LogP contribution >= 0.6 is 0 Å². The molecule has 3 rings (SSSR count). The van der Waals surface area contributed by atoms with Gasteiger partial charge in [0.1, 0.15) is 5.69 Å². The van der Waals surface area contributed by atoms with E-state index in [-0.39, 0.29) is 0 Å². The van der Waals surface area contributed by atoms with Gasteiger partial charge in [0.05, 0.1) is 5.69 Å². The van der Waals surface area contributed by atoms with E-state index >= 15 is 0 Å². The fraction of sp³-hybridized carbons (Fsp3) is 0.538. The van der Waals surface area contributed by atoms with Crippen LogP contribution in [0.5, 0.6) is 0 Å². The monoisotopic (exact) mass is 230 g/mol. The molecule has 4 nitrogen and oxygen atoms in total. The number of aromatic amines is 1. The number of imidazole rings is 1. The maximum absolute atomic E-state index is 4.71. The second kappa shape index (κ2) is 4.02. The van der Waals surface area contributed by atoms with Crippen LogP contribution in [0.3, 0.4) is 0 Å². The molecule has 0 saturated carbocycles. The Labute approximate surface area is 101 Å². The summed E-state index contributed by atoms with van der Waals surface area (Å²) in [5.74, 6) is 1.79. The Kier molecular flexibility index (Phi) is 2.50. The Bertz CT molecular complexity index is 523. The zero-order chi connectivity index (χ0) is 11.8. The highest BCUT2D eigenvalue weighted by Gasteiger charge is 2.21. The van der Waals surface area contributed by atoms with Gasteiger partial charge >= 0.3 is 0 Å². The predicted molar refractivity (Wildman–Crippen MR) is 66.6 cm³/mol. The maximum Gasteiger partial charge on any atom is 0.156 e. The minimum absolute atomic E-state index is 0.822. The molecule has 0 saturated heterocycles. The molecule has 1 aliphatic rings. The van der Waals surface area contributed by atoms with Crippen LogP contribution in [0.25, 0.3) is 11.5 Å². The Hall–Kier alpha value is -1.58. The van der Waals surface area contributed by atoms with Crippen molar-refractivity contribution >= 4 is 0 Å². The number of rotatable bonds is 2. The van der Waals surface area contributed by atoms with Crippen LogP contribution < -0.4 is 0 Å². The summed E-state index contributed by atoms with van der Waals surface area (Å²) in [6.07, 6.45) is 6.61. The third-order valence-electron chi connectivity index (χ3n) is 3.79.